The van der Waals surface area contributed by atoms with Crippen molar-refractivity contribution in [1.82, 2.24) is 0 Å². The summed E-state index contributed by atoms with van der Waals surface area (Å²) in [4.78, 5) is 10.7. The van der Waals surface area contributed by atoms with Crippen molar-refractivity contribution in [2.45, 2.75) is 37.0 Å². The van der Waals surface area contributed by atoms with E-state index in [0.29, 0.717) is 19.3 Å². The van der Waals surface area contributed by atoms with Crippen LogP contribution in [0.2, 0.25) is 0 Å². The van der Waals surface area contributed by atoms with Gasteiger partial charge in [-0.2, -0.15) is 0 Å². The summed E-state index contributed by atoms with van der Waals surface area (Å²) >= 11 is 0. The summed E-state index contributed by atoms with van der Waals surface area (Å²) in [7, 11) is -3.07. The minimum absolute atomic E-state index is 0.212. The lowest BCUT2D eigenvalue weighted by Crippen LogP contribution is -2.42. The highest BCUT2D eigenvalue weighted by molar-refractivity contribution is 7.91. The molecule has 1 aliphatic carbocycles. The van der Waals surface area contributed by atoms with Crippen molar-refractivity contribution < 1.29 is 18.3 Å². The van der Waals surface area contributed by atoms with Gasteiger partial charge in [0.25, 0.3) is 0 Å². The maximum absolute atomic E-state index is 11.3. The molecule has 1 aliphatic rings. The minimum atomic E-state index is -3.07. The molecule has 1 saturated carbocycles. The molecule has 0 aromatic heterocycles. The van der Waals surface area contributed by atoms with E-state index < -0.39 is 27.1 Å². The highest BCUT2D eigenvalue weighted by atomic mass is 32.2. The van der Waals surface area contributed by atoms with Gasteiger partial charge < -0.3 is 10.8 Å². The van der Waals surface area contributed by atoms with E-state index in [1.165, 1.54) is 6.26 Å². The van der Waals surface area contributed by atoms with Crippen molar-refractivity contribution in [3.05, 3.63) is 0 Å². The quantitative estimate of drug-likeness (QED) is 0.717. The molecule has 6 heteroatoms. The predicted molar refractivity (Wildman–Crippen MR) is 56.2 cm³/mol. The summed E-state index contributed by atoms with van der Waals surface area (Å²) in [5.41, 5.74) is 5.50. The fourth-order valence-electron chi connectivity index (χ4n) is 2.10. The van der Waals surface area contributed by atoms with Crippen molar-refractivity contribution in [2.75, 3.05) is 6.26 Å². The molecule has 88 valence electrons. The maximum Gasteiger partial charge on any atom is 0.320 e. The molecule has 0 saturated heterocycles. The van der Waals surface area contributed by atoms with Gasteiger partial charge in [0.1, 0.15) is 15.9 Å². The summed E-state index contributed by atoms with van der Waals surface area (Å²) in [6.07, 6.45) is 3.66. The monoisotopic (exact) mass is 235 g/mol. The van der Waals surface area contributed by atoms with Gasteiger partial charge >= 0.3 is 5.97 Å². The number of rotatable bonds is 3. The smallest absolute Gasteiger partial charge is 0.320 e. The molecule has 3 N–H and O–H groups in total. The number of aliphatic carboxylic acids is 1. The third kappa shape index (κ3) is 3.17. The SMILES string of the molecule is CS(=O)(=O)C1CCCC(C(N)C(=O)O)C1. The van der Waals surface area contributed by atoms with Crippen LogP contribution in [0.4, 0.5) is 0 Å². The van der Waals surface area contributed by atoms with E-state index in [4.69, 9.17) is 10.8 Å². The highest BCUT2D eigenvalue weighted by Gasteiger charge is 2.34. The van der Waals surface area contributed by atoms with Gasteiger partial charge in [-0.3, -0.25) is 4.79 Å². The van der Waals surface area contributed by atoms with Gasteiger partial charge in [0, 0.05) is 6.26 Å². The van der Waals surface area contributed by atoms with Crippen LogP contribution in [0.5, 0.6) is 0 Å². The second-order valence-electron chi connectivity index (χ2n) is 4.24. The zero-order valence-corrected chi connectivity index (χ0v) is 9.53. The third-order valence-corrected chi connectivity index (χ3v) is 4.70. The fourth-order valence-corrected chi connectivity index (χ4v) is 3.29. The first-order valence-corrected chi connectivity index (χ1v) is 6.95. The Kier molecular flexibility index (Phi) is 3.72. The number of carboxylic acid groups (broad SMARTS) is 1. The first kappa shape index (κ1) is 12.4. The van der Waals surface area contributed by atoms with E-state index >= 15 is 0 Å². The van der Waals surface area contributed by atoms with Gasteiger partial charge in [-0.25, -0.2) is 8.42 Å². The maximum atomic E-state index is 11.3. The second-order valence-corrected chi connectivity index (χ2v) is 6.57. The van der Waals surface area contributed by atoms with Crippen molar-refractivity contribution in [1.29, 1.82) is 0 Å². The Morgan fingerprint density at radius 2 is 2.07 bits per heavy atom. The van der Waals surface area contributed by atoms with E-state index in [1.54, 1.807) is 0 Å². The van der Waals surface area contributed by atoms with Crippen LogP contribution in [0.1, 0.15) is 25.7 Å². The molecule has 5 nitrogen and oxygen atoms in total. The zero-order chi connectivity index (χ0) is 11.6. The summed E-state index contributed by atoms with van der Waals surface area (Å²) in [6, 6.07) is -0.936. The molecule has 0 spiro atoms. The Labute approximate surface area is 89.6 Å². The van der Waals surface area contributed by atoms with Crippen LogP contribution >= 0.6 is 0 Å². The molecular weight excluding hydrogens is 218 g/mol. The van der Waals surface area contributed by atoms with Crippen LogP contribution in [0, 0.1) is 5.92 Å². The van der Waals surface area contributed by atoms with Crippen molar-refractivity contribution in [3.8, 4) is 0 Å². The normalized spacial score (nSPS) is 29.7. The lowest BCUT2D eigenvalue weighted by molar-refractivity contribution is -0.140. The van der Waals surface area contributed by atoms with Gasteiger partial charge in [-0.1, -0.05) is 6.42 Å². The zero-order valence-electron chi connectivity index (χ0n) is 8.72. The molecule has 0 aromatic carbocycles. The molecule has 0 bridgehead atoms. The number of sulfone groups is 1. The Balaban J connectivity index is 2.68. The second kappa shape index (κ2) is 4.49. The number of nitrogens with two attached hydrogens (primary N) is 1. The average Bonchev–Trinajstić information content (AvgIpc) is 2.15. The lowest BCUT2D eigenvalue weighted by Gasteiger charge is -2.29. The summed E-state index contributed by atoms with van der Waals surface area (Å²) in [6.45, 7) is 0. The van der Waals surface area contributed by atoms with Crippen molar-refractivity contribution >= 4 is 15.8 Å². The molecule has 0 radical (unpaired) electrons. The largest absolute Gasteiger partial charge is 0.480 e. The van der Waals surface area contributed by atoms with Gasteiger partial charge in [0.2, 0.25) is 0 Å². The van der Waals surface area contributed by atoms with E-state index in [2.05, 4.69) is 0 Å². The first-order chi connectivity index (χ1) is 6.82. The molecule has 0 aliphatic heterocycles. The Morgan fingerprint density at radius 1 is 1.47 bits per heavy atom. The van der Waals surface area contributed by atoms with Crippen LogP contribution in [0.15, 0.2) is 0 Å². The van der Waals surface area contributed by atoms with E-state index in [9.17, 15) is 13.2 Å². The van der Waals surface area contributed by atoms with Gasteiger partial charge in [-0.05, 0) is 25.2 Å². The predicted octanol–water partition coefficient (Wildman–Crippen LogP) is 0.00170. The Bertz CT molecular complexity index is 338. The fraction of sp³-hybridized carbons (Fsp3) is 0.889. The molecule has 1 fully saturated rings. The molecule has 1 rings (SSSR count). The molecule has 3 atom stereocenters. The average molecular weight is 235 g/mol. The molecule has 0 aromatic rings. The number of hydrogen-bond donors (Lipinski definition) is 2. The molecular formula is C9H17NO4S. The van der Waals surface area contributed by atoms with Crippen LogP contribution < -0.4 is 5.73 Å². The summed E-state index contributed by atoms with van der Waals surface area (Å²) < 4.78 is 22.7. The van der Waals surface area contributed by atoms with E-state index in [-0.39, 0.29) is 5.92 Å². The van der Waals surface area contributed by atoms with Crippen LogP contribution in [-0.2, 0) is 14.6 Å². The van der Waals surface area contributed by atoms with Crippen LogP contribution in [-0.4, -0.2) is 37.0 Å². The van der Waals surface area contributed by atoms with Gasteiger partial charge in [-0.15, -0.1) is 0 Å². The third-order valence-electron chi connectivity index (χ3n) is 3.07. The molecule has 0 amide bonds. The molecule has 0 heterocycles. The number of carboxylic acids is 1. The van der Waals surface area contributed by atoms with Crippen molar-refractivity contribution in [3.63, 3.8) is 0 Å². The lowest BCUT2D eigenvalue weighted by atomic mass is 9.84. The first-order valence-electron chi connectivity index (χ1n) is 4.99. The van der Waals surface area contributed by atoms with E-state index in [0.717, 1.165) is 6.42 Å². The van der Waals surface area contributed by atoms with Crippen LogP contribution in [0.25, 0.3) is 0 Å². The van der Waals surface area contributed by atoms with Crippen LogP contribution in [0.3, 0.4) is 0 Å². The highest BCUT2D eigenvalue weighted by Crippen LogP contribution is 2.30. The standard InChI is InChI=1S/C9H17NO4S/c1-15(13,14)7-4-2-3-6(5-7)8(10)9(11)12/h6-8H,2-5,10H2,1H3,(H,11,12). The Morgan fingerprint density at radius 3 is 2.53 bits per heavy atom. The molecule has 15 heavy (non-hydrogen) atoms. The van der Waals surface area contributed by atoms with Gasteiger partial charge in [0.05, 0.1) is 5.25 Å². The topological polar surface area (TPSA) is 97.5 Å². The number of hydrogen-bond acceptors (Lipinski definition) is 4. The summed E-state index contributed by atoms with van der Waals surface area (Å²) in [5, 5.41) is 8.33. The minimum Gasteiger partial charge on any atom is -0.480 e. The number of carbonyl (C=O) groups is 1. The van der Waals surface area contributed by atoms with Crippen molar-refractivity contribution in [2.24, 2.45) is 11.7 Å². The Hall–Kier alpha value is -0.620. The summed E-state index contributed by atoms with van der Waals surface area (Å²) in [5.74, 6) is -1.26. The van der Waals surface area contributed by atoms with Gasteiger partial charge in [0.15, 0.2) is 0 Å². The van der Waals surface area contributed by atoms with E-state index in [1.807, 2.05) is 0 Å². The molecule has 3 unspecified atom stereocenters.